The van der Waals surface area contributed by atoms with Crippen molar-refractivity contribution in [2.75, 3.05) is 32.8 Å². The van der Waals surface area contributed by atoms with Gasteiger partial charge in [-0.1, -0.05) is 0 Å². The molecule has 4 saturated carbocycles. The average molecular weight is 374 g/mol. The molecule has 2 heterocycles. The van der Waals surface area contributed by atoms with E-state index in [1.807, 2.05) is 13.3 Å². The normalized spacial score (nSPS) is 39.0. The highest BCUT2D eigenvalue weighted by Crippen LogP contribution is 2.69. The maximum atomic E-state index is 13.4. The first-order valence-corrected chi connectivity index (χ1v) is 10.5. The van der Waals surface area contributed by atoms with E-state index in [2.05, 4.69) is 31.9 Å². The van der Waals surface area contributed by atoms with Crippen LogP contribution in [-0.2, 0) is 15.1 Å². The van der Waals surface area contributed by atoms with Crippen LogP contribution in [0.3, 0.4) is 0 Å². The van der Waals surface area contributed by atoms with Gasteiger partial charge < -0.3 is 10.1 Å². The van der Waals surface area contributed by atoms with Gasteiger partial charge in [0, 0.05) is 25.7 Å². The van der Waals surface area contributed by atoms with Crippen LogP contribution >= 0.6 is 0 Å². The molecule has 0 radical (unpaired) electrons. The summed E-state index contributed by atoms with van der Waals surface area (Å²) in [6.45, 7) is 8.40. The number of ether oxygens (including phenoxy) is 1. The standard InChI is InChI=1S/C20H31N5O2/c1-14(24-3-5-27-6-4-24)11-21-18(26)20-9-16-7-17(20)10-19(8-16,12-20)25-13-22-15(2)23-25/h13-14,16-17H,3-12H2,1-2H3,(H,21,26). The van der Waals surface area contributed by atoms with Crippen LogP contribution < -0.4 is 5.32 Å². The van der Waals surface area contributed by atoms with Crippen LogP contribution in [0.2, 0.25) is 0 Å². The molecule has 1 saturated heterocycles. The summed E-state index contributed by atoms with van der Waals surface area (Å²) in [6, 6.07) is 0.358. The van der Waals surface area contributed by atoms with Crippen LogP contribution in [0.1, 0.15) is 44.9 Å². The van der Waals surface area contributed by atoms with Gasteiger partial charge in [-0.15, -0.1) is 0 Å². The highest BCUT2D eigenvalue weighted by atomic mass is 16.5. The van der Waals surface area contributed by atoms with Gasteiger partial charge >= 0.3 is 0 Å². The van der Waals surface area contributed by atoms with Gasteiger partial charge in [0.05, 0.1) is 24.2 Å². The maximum Gasteiger partial charge on any atom is 0.226 e. The van der Waals surface area contributed by atoms with Gasteiger partial charge in [0.2, 0.25) is 5.91 Å². The van der Waals surface area contributed by atoms with Crippen molar-refractivity contribution in [1.82, 2.24) is 25.0 Å². The van der Waals surface area contributed by atoms with E-state index < -0.39 is 0 Å². The fourth-order valence-corrected chi connectivity index (χ4v) is 6.62. The number of hydrogen-bond acceptors (Lipinski definition) is 5. The summed E-state index contributed by atoms with van der Waals surface area (Å²) in [4.78, 5) is 20.2. The number of aryl methyl sites for hydroxylation is 1. The summed E-state index contributed by atoms with van der Waals surface area (Å²) in [5.74, 6) is 2.27. The number of nitrogens with one attached hydrogen (secondary N) is 1. The summed E-state index contributed by atoms with van der Waals surface area (Å²) in [5, 5.41) is 7.97. The Kier molecular flexibility index (Phi) is 4.09. The smallest absolute Gasteiger partial charge is 0.226 e. The minimum atomic E-state index is -0.187. The Morgan fingerprint density at radius 3 is 2.93 bits per heavy atom. The third kappa shape index (κ3) is 2.73. The Bertz CT molecular complexity index is 730. The van der Waals surface area contributed by atoms with Crippen LogP contribution in [-0.4, -0.2) is 64.5 Å². The van der Waals surface area contributed by atoms with Gasteiger partial charge in [0.1, 0.15) is 12.2 Å². The topological polar surface area (TPSA) is 72.3 Å². The highest BCUT2D eigenvalue weighted by molar-refractivity contribution is 5.84. The molecule has 6 rings (SSSR count). The van der Waals surface area contributed by atoms with Gasteiger partial charge in [-0.2, -0.15) is 5.10 Å². The molecule has 4 bridgehead atoms. The molecule has 1 aromatic rings. The minimum absolute atomic E-state index is 0.0141. The molecule has 1 N–H and O–H groups in total. The zero-order valence-electron chi connectivity index (χ0n) is 16.5. The van der Waals surface area contributed by atoms with Crippen LogP contribution in [0.15, 0.2) is 6.33 Å². The van der Waals surface area contributed by atoms with Crippen LogP contribution in [0.5, 0.6) is 0 Å². The second kappa shape index (κ2) is 6.27. The van der Waals surface area contributed by atoms with E-state index in [1.54, 1.807) is 0 Å². The maximum absolute atomic E-state index is 13.4. The number of carbonyl (C=O) groups is 1. The lowest BCUT2D eigenvalue weighted by Crippen LogP contribution is -2.51. The molecular weight excluding hydrogens is 342 g/mol. The fraction of sp³-hybridized carbons (Fsp3) is 0.850. The van der Waals surface area contributed by atoms with E-state index in [0.29, 0.717) is 17.9 Å². The van der Waals surface area contributed by atoms with Crippen molar-refractivity contribution in [2.45, 2.75) is 57.5 Å². The molecule has 5 aliphatic rings. The van der Waals surface area contributed by atoms with E-state index in [1.165, 1.54) is 6.42 Å². The molecule has 27 heavy (non-hydrogen) atoms. The summed E-state index contributed by atoms with van der Waals surface area (Å²) < 4.78 is 7.53. The predicted octanol–water partition coefficient (Wildman–Crippen LogP) is 1.33. The Hall–Kier alpha value is -1.47. The predicted molar refractivity (Wildman–Crippen MR) is 100 cm³/mol. The lowest BCUT2D eigenvalue weighted by molar-refractivity contribution is -0.133. The summed E-state index contributed by atoms with van der Waals surface area (Å²) in [6.07, 6.45) is 7.33. The van der Waals surface area contributed by atoms with Gasteiger partial charge in [-0.05, 0) is 57.8 Å². The van der Waals surface area contributed by atoms with Crippen molar-refractivity contribution >= 4 is 5.91 Å². The second-order valence-corrected chi connectivity index (χ2v) is 9.41. The van der Waals surface area contributed by atoms with Gasteiger partial charge in [0.25, 0.3) is 0 Å². The zero-order chi connectivity index (χ0) is 18.6. The molecule has 5 unspecified atom stereocenters. The molecule has 7 heteroatoms. The highest BCUT2D eigenvalue weighted by Gasteiger charge is 2.68. The molecular formula is C20H31N5O2. The Balaban J connectivity index is 1.29. The molecule has 5 fully saturated rings. The lowest BCUT2D eigenvalue weighted by Gasteiger charge is -2.40. The van der Waals surface area contributed by atoms with Crippen LogP contribution in [0.4, 0.5) is 0 Å². The first-order chi connectivity index (χ1) is 13.0. The number of rotatable bonds is 5. The summed E-state index contributed by atoms with van der Waals surface area (Å²) in [5.41, 5.74) is -0.173. The number of carbonyl (C=O) groups excluding carboxylic acids is 1. The van der Waals surface area contributed by atoms with E-state index in [0.717, 1.165) is 64.4 Å². The largest absolute Gasteiger partial charge is 0.379 e. The van der Waals surface area contributed by atoms with Crippen molar-refractivity contribution < 1.29 is 9.53 Å². The monoisotopic (exact) mass is 373 g/mol. The van der Waals surface area contributed by atoms with Gasteiger partial charge in [-0.25, -0.2) is 9.67 Å². The number of aromatic nitrogens is 3. The number of nitrogens with zero attached hydrogens (tertiary/aromatic N) is 4. The Morgan fingerprint density at radius 2 is 2.19 bits per heavy atom. The fourth-order valence-electron chi connectivity index (χ4n) is 6.62. The van der Waals surface area contributed by atoms with E-state index in [-0.39, 0.29) is 16.9 Å². The second-order valence-electron chi connectivity index (χ2n) is 9.41. The molecule has 0 aromatic carbocycles. The first kappa shape index (κ1) is 17.6. The van der Waals surface area contributed by atoms with Gasteiger partial charge in [-0.3, -0.25) is 9.69 Å². The molecule has 0 spiro atoms. The average Bonchev–Trinajstić information content (AvgIpc) is 3.29. The number of hydrogen-bond donors (Lipinski definition) is 1. The molecule has 148 valence electrons. The zero-order valence-corrected chi connectivity index (χ0v) is 16.5. The van der Waals surface area contributed by atoms with E-state index >= 15 is 0 Å². The van der Waals surface area contributed by atoms with Crippen LogP contribution in [0, 0.1) is 24.2 Å². The minimum Gasteiger partial charge on any atom is -0.379 e. The van der Waals surface area contributed by atoms with Crippen molar-refractivity contribution in [3.63, 3.8) is 0 Å². The third-order valence-corrected chi connectivity index (χ3v) is 7.76. The summed E-state index contributed by atoms with van der Waals surface area (Å²) >= 11 is 0. The third-order valence-electron chi connectivity index (χ3n) is 7.76. The molecule has 5 atom stereocenters. The molecule has 1 aliphatic heterocycles. The first-order valence-electron chi connectivity index (χ1n) is 10.5. The van der Waals surface area contributed by atoms with E-state index in [9.17, 15) is 4.79 Å². The molecule has 1 aromatic heterocycles. The molecule has 1 amide bonds. The van der Waals surface area contributed by atoms with E-state index in [4.69, 9.17) is 4.74 Å². The van der Waals surface area contributed by atoms with Gasteiger partial charge in [0.15, 0.2) is 0 Å². The van der Waals surface area contributed by atoms with Crippen LogP contribution in [0.25, 0.3) is 0 Å². The van der Waals surface area contributed by atoms with Crippen molar-refractivity contribution in [2.24, 2.45) is 17.3 Å². The van der Waals surface area contributed by atoms with Crippen molar-refractivity contribution in [3.8, 4) is 0 Å². The number of amides is 1. The Labute approximate surface area is 160 Å². The number of morpholine rings is 1. The van der Waals surface area contributed by atoms with Crippen molar-refractivity contribution in [3.05, 3.63) is 12.2 Å². The van der Waals surface area contributed by atoms with Crippen molar-refractivity contribution in [1.29, 1.82) is 0 Å². The lowest BCUT2D eigenvalue weighted by atomic mass is 9.71. The Morgan fingerprint density at radius 1 is 1.37 bits per heavy atom. The molecule has 7 nitrogen and oxygen atoms in total. The summed E-state index contributed by atoms with van der Waals surface area (Å²) in [7, 11) is 0. The molecule has 4 aliphatic carbocycles. The SMILES string of the molecule is Cc1ncn(C23CC4CC(C2)C(C(=O)NCC(C)N2CCOCC2)(C4)C3)n1. The quantitative estimate of drug-likeness (QED) is 0.843.